The van der Waals surface area contributed by atoms with E-state index in [0.29, 0.717) is 23.7 Å². The molecule has 8 heteroatoms. The molecule has 0 unspecified atom stereocenters. The third-order valence-electron chi connectivity index (χ3n) is 3.10. The van der Waals surface area contributed by atoms with Gasteiger partial charge in [-0.15, -0.1) is 0 Å². The zero-order valence-corrected chi connectivity index (χ0v) is 13.3. The molecule has 0 radical (unpaired) electrons. The molecule has 120 valence electrons. The Labute approximate surface area is 133 Å². The fourth-order valence-corrected chi connectivity index (χ4v) is 3.33. The summed E-state index contributed by atoms with van der Waals surface area (Å²) in [6.07, 6.45) is 0.493. The first-order chi connectivity index (χ1) is 11.0. The van der Waals surface area contributed by atoms with E-state index in [0.717, 1.165) is 5.56 Å². The lowest BCUT2D eigenvalue weighted by atomic mass is 10.1. The molecule has 0 aliphatic heterocycles. The number of sulfone groups is 1. The molecule has 3 rings (SSSR count). The minimum Gasteiger partial charge on any atom is -0.361 e. The number of hydrogen-bond acceptors (Lipinski definition) is 7. The average molecular weight is 333 g/mol. The van der Waals surface area contributed by atoms with Gasteiger partial charge in [0.1, 0.15) is 11.5 Å². The Morgan fingerprint density at radius 1 is 1.04 bits per heavy atom. The SMILES string of the molecule is Cc1cc(CS(=O)(=O)Cc2nc(Cc3ccccc3)no2)no1. The van der Waals surface area contributed by atoms with Crippen LogP contribution in [0.15, 0.2) is 45.4 Å². The molecule has 0 amide bonds. The van der Waals surface area contributed by atoms with Gasteiger partial charge < -0.3 is 9.05 Å². The van der Waals surface area contributed by atoms with Crippen molar-refractivity contribution in [2.45, 2.75) is 24.9 Å². The monoisotopic (exact) mass is 333 g/mol. The molecule has 2 heterocycles. The second-order valence-electron chi connectivity index (χ2n) is 5.23. The molecule has 0 bridgehead atoms. The summed E-state index contributed by atoms with van der Waals surface area (Å²) in [5.41, 5.74) is 1.40. The van der Waals surface area contributed by atoms with Gasteiger partial charge in [-0.2, -0.15) is 4.98 Å². The molecule has 7 nitrogen and oxygen atoms in total. The van der Waals surface area contributed by atoms with Gasteiger partial charge in [-0.1, -0.05) is 40.6 Å². The fraction of sp³-hybridized carbons (Fsp3) is 0.267. The largest absolute Gasteiger partial charge is 0.361 e. The van der Waals surface area contributed by atoms with E-state index >= 15 is 0 Å². The first-order valence-electron chi connectivity index (χ1n) is 6.98. The minimum atomic E-state index is -3.45. The zero-order chi connectivity index (χ0) is 16.3. The van der Waals surface area contributed by atoms with E-state index in [4.69, 9.17) is 9.05 Å². The van der Waals surface area contributed by atoms with Gasteiger partial charge in [0, 0.05) is 12.5 Å². The Bertz CT molecular complexity index is 884. The molecule has 0 spiro atoms. The molecular weight excluding hydrogens is 318 g/mol. The Balaban J connectivity index is 1.66. The molecule has 0 saturated heterocycles. The highest BCUT2D eigenvalue weighted by Gasteiger charge is 2.20. The minimum absolute atomic E-state index is 0.0798. The second-order valence-corrected chi connectivity index (χ2v) is 7.29. The van der Waals surface area contributed by atoms with Crippen LogP contribution >= 0.6 is 0 Å². The summed E-state index contributed by atoms with van der Waals surface area (Å²) >= 11 is 0. The van der Waals surface area contributed by atoms with E-state index in [1.54, 1.807) is 13.0 Å². The summed E-state index contributed by atoms with van der Waals surface area (Å²) < 4.78 is 34.2. The first kappa shape index (κ1) is 15.4. The van der Waals surface area contributed by atoms with Gasteiger partial charge in [0.2, 0.25) is 5.89 Å². The topological polar surface area (TPSA) is 99.1 Å². The zero-order valence-electron chi connectivity index (χ0n) is 12.5. The van der Waals surface area contributed by atoms with Crippen molar-refractivity contribution >= 4 is 9.84 Å². The van der Waals surface area contributed by atoms with Crippen molar-refractivity contribution in [3.8, 4) is 0 Å². The third kappa shape index (κ3) is 4.26. The smallest absolute Gasteiger partial charge is 0.241 e. The molecule has 3 aromatic rings. The van der Waals surface area contributed by atoms with Gasteiger partial charge in [0.05, 0.1) is 11.4 Å². The summed E-state index contributed by atoms with van der Waals surface area (Å²) in [6, 6.07) is 11.2. The lowest BCUT2D eigenvalue weighted by molar-refractivity contribution is 0.383. The summed E-state index contributed by atoms with van der Waals surface area (Å²) in [6.45, 7) is 1.71. The first-order valence-corrected chi connectivity index (χ1v) is 8.80. The third-order valence-corrected chi connectivity index (χ3v) is 4.53. The van der Waals surface area contributed by atoms with Gasteiger partial charge in [-0.05, 0) is 12.5 Å². The van der Waals surface area contributed by atoms with Crippen LogP contribution in [0.3, 0.4) is 0 Å². The highest BCUT2D eigenvalue weighted by Crippen LogP contribution is 2.13. The number of aryl methyl sites for hydroxylation is 1. The van der Waals surface area contributed by atoms with Gasteiger partial charge in [0.25, 0.3) is 0 Å². The fourth-order valence-electron chi connectivity index (χ4n) is 2.15. The van der Waals surface area contributed by atoms with E-state index in [1.807, 2.05) is 30.3 Å². The number of rotatable bonds is 6. The van der Waals surface area contributed by atoms with Crippen LogP contribution in [-0.4, -0.2) is 23.7 Å². The summed E-state index contributed by atoms with van der Waals surface area (Å²) in [4.78, 5) is 4.14. The van der Waals surface area contributed by atoms with Crippen molar-refractivity contribution in [3.05, 3.63) is 65.1 Å². The predicted molar refractivity (Wildman–Crippen MR) is 81.1 cm³/mol. The Kier molecular flexibility index (Phi) is 4.24. The van der Waals surface area contributed by atoms with Gasteiger partial charge >= 0.3 is 0 Å². The van der Waals surface area contributed by atoms with Crippen LogP contribution in [0.1, 0.15) is 28.7 Å². The maximum Gasteiger partial charge on any atom is 0.241 e. The van der Waals surface area contributed by atoms with Crippen molar-refractivity contribution in [3.63, 3.8) is 0 Å². The lowest BCUT2D eigenvalue weighted by Gasteiger charge is -1.97. The molecule has 0 N–H and O–H groups in total. The number of nitrogens with zero attached hydrogens (tertiary/aromatic N) is 3. The summed E-state index contributed by atoms with van der Waals surface area (Å²) in [5, 5.41) is 7.50. The van der Waals surface area contributed by atoms with Crippen molar-refractivity contribution in [2.24, 2.45) is 0 Å². The lowest BCUT2D eigenvalue weighted by Crippen LogP contribution is -2.08. The standard InChI is InChI=1S/C15H15N3O4S/c1-11-7-13(17-21-11)9-23(19,20)10-15-16-14(18-22-15)8-12-5-3-2-4-6-12/h2-7H,8-10H2,1H3. The molecule has 0 aliphatic carbocycles. The van der Waals surface area contributed by atoms with Crippen LogP contribution in [0, 0.1) is 6.92 Å². The number of hydrogen-bond donors (Lipinski definition) is 0. The number of benzene rings is 1. The Hall–Kier alpha value is -2.48. The van der Waals surface area contributed by atoms with Crippen LogP contribution in [0.25, 0.3) is 0 Å². The van der Waals surface area contributed by atoms with Crippen LogP contribution in [0.5, 0.6) is 0 Å². The van der Waals surface area contributed by atoms with E-state index in [-0.39, 0.29) is 17.4 Å². The van der Waals surface area contributed by atoms with Crippen LogP contribution in [0.2, 0.25) is 0 Å². The van der Waals surface area contributed by atoms with Gasteiger partial charge in [0.15, 0.2) is 15.7 Å². The molecule has 0 fully saturated rings. The number of aromatic nitrogens is 3. The van der Waals surface area contributed by atoms with Gasteiger partial charge in [-0.25, -0.2) is 8.42 Å². The van der Waals surface area contributed by atoms with Crippen LogP contribution < -0.4 is 0 Å². The maximum atomic E-state index is 12.1. The quantitative estimate of drug-likeness (QED) is 0.681. The van der Waals surface area contributed by atoms with Crippen molar-refractivity contribution in [1.82, 2.24) is 15.3 Å². The van der Waals surface area contributed by atoms with Crippen molar-refractivity contribution in [2.75, 3.05) is 0 Å². The molecular formula is C15H15N3O4S. The van der Waals surface area contributed by atoms with Crippen molar-refractivity contribution in [1.29, 1.82) is 0 Å². The van der Waals surface area contributed by atoms with Crippen molar-refractivity contribution < 1.29 is 17.5 Å². The maximum absolute atomic E-state index is 12.1. The van der Waals surface area contributed by atoms with Crippen LogP contribution in [0.4, 0.5) is 0 Å². The Morgan fingerprint density at radius 3 is 2.52 bits per heavy atom. The second kappa shape index (κ2) is 6.33. The molecule has 1 aromatic carbocycles. The Morgan fingerprint density at radius 2 is 1.83 bits per heavy atom. The highest BCUT2D eigenvalue weighted by molar-refractivity contribution is 7.89. The summed E-state index contributed by atoms with van der Waals surface area (Å²) in [7, 11) is -3.45. The molecule has 0 aliphatic rings. The molecule has 23 heavy (non-hydrogen) atoms. The average Bonchev–Trinajstić information content (AvgIpc) is 3.08. The van der Waals surface area contributed by atoms with E-state index in [1.165, 1.54) is 0 Å². The van der Waals surface area contributed by atoms with E-state index in [9.17, 15) is 8.42 Å². The highest BCUT2D eigenvalue weighted by atomic mass is 32.2. The predicted octanol–water partition coefficient (Wildman–Crippen LogP) is 2.07. The normalized spacial score (nSPS) is 11.7. The van der Waals surface area contributed by atoms with Gasteiger partial charge in [-0.3, -0.25) is 0 Å². The molecule has 0 atom stereocenters. The van der Waals surface area contributed by atoms with E-state index in [2.05, 4.69) is 15.3 Å². The van der Waals surface area contributed by atoms with E-state index < -0.39 is 9.84 Å². The summed E-state index contributed by atoms with van der Waals surface area (Å²) in [5.74, 6) is 0.564. The van der Waals surface area contributed by atoms with Crippen LogP contribution in [-0.2, 0) is 27.8 Å². The molecule has 2 aromatic heterocycles. The molecule has 0 saturated carbocycles.